The first kappa shape index (κ1) is 18.3. The molecular weight excluding hydrogens is 406 g/mol. The predicted octanol–water partition coefficient (Wildman–Crippen LogP) is 4.49. The molecule has 1 aliphatic carbocycles. The Bertz CT molecular complexity index is 888. The van der Waals surface area contributed by atoms with Crippen LogP contribution in [0, 0.1) is 5.41 Å². The van der Waals surface area contributed by atoms with Crippen molar-refractivity contribution in [3.8, 4) is 11.3 Å². The van der Waals surface area contributed by atoms with Gasteiger partial charge in [-0.05, 0) is 42.7 Å². The van der Waals surface area contributed by atoms with Gasteiger partial charge in [0.25, 0.3) is 0 Å². The van der Waals surface area contributed by atoms with Crippen molar-refractivity contribution in [1.29, 1.82) is 0 Å². The Balaban J connectivity index is 1.52. The molecule has 6 heteroatoms. The minimum absolute atomic E-state index is 0.0421. The van der Waals surface area contributed by atoms with Crippen molar-refractivity contribution < 1.29 is 9.52 Å². The number of benzene rings is 1. The maximum Gasteiger partial charge on any atom is 0.208 e. The van der Waals surface area contributed by atoms with Crippen LogP contribution in [-0.4, -0.2) is 21.7 Å². The third-order valence-corrected chi connectivity index (χ3v) is 5.93. The summed E-state index contributed by atoms with van der Waals surface area (Å²) < 4.78 is 6.94. The summed E-state index contributed by atoms with van der Waals surface area (Å²) in [5.41, 5.74) is 2.00. The molecule has 0 aliphatic heterocycles. The highest BCUT2D eigenvalue weighted by Gasteiger charge is 2.44. The fourth-order valence-electron chi connectivity index (χ4n) is 3.77. The molecule has 3 aromatic rings. The highest BCUT2D eigenvalue weighted by molar-refractivity contribution is 9.10. The summed E-state index contributed by atoms with van der Waals surface area (Å²) in [6, 6.07) is 12.0. The summed E-state index contributed by atoms with van der Waals surface area (Å²) in [5.74, 6) is 1.38. The topological polar surface area (TPSA) is 71.2 Å². The van der Waals surface area contributed by atoms with E-state index >= 15 is 0 Å². The van der Waals surface area contributed by atoms with E-state index in [0.717, 1.165) is 40.6 Å². The van der Waals surface area contributed by atoms with Gasteiger partial charge in [0.1, 0.15) is 0 Å². The molecule has 1 saturated carbocycles. The van der Waals surface area contributed by atoms with Gasteiger partial charge in [0.15, 0.2) is 5.76 Å². The number of nitrogens with one attached hydrogen (secondary N) is 1. The number of nitrogens with zero attached hydrogens (tertiary/aromatic N) is 2. The summed E-state index contributed by atoms with van der Waals surface area (Å²) in [6.45, 7) is 0.671. The van der Waals surface area contributed by atoms with Gasteiger partial charge in [-0.2, -0.15) is 0 Å². The lowest BCUT2D eigenvalue weighted by Crippen LogP contribution is -2.45. The highest BCUT2D eigenvalue weighted by Crippen LogP contribution is 2.49. The van der Waals surface area contributed by atoms with E-state index < -0.39 is 0 Å². The number of pyridine rings is 1. The number of aliphatic hydroxyl groups excluding tert-OH is 1. The second-order valence-electron chi connectivity index (χ2n) is 7.10. The van der Waals surface area contributed by atoms with Gasteiger partial charge < -0.3 is 14.8 Å². The predicted molar refractivity (Wildman–Crippen MR) is 107 cm³/mol. The van der Waals surface area contributed by atoms with E-state index in [4.69, 9.17) is 4.42 Å². The monoisotopic (exact) mass is 427 g/mol. The molecule has 140 valence electrons. The maximum atomic E-state index is 10.0. The Morgan fingerprint density at radius 1 is 1.22 bits per heavy atom. The second-order valence-corrected chi connectivity index (χ2v) is 8.01. The molecule has 1 atom stereocenters. The van der Waals surface area contributed by atoms with Gasteiger partial charge in [0, 0.05) is 33.9 Å². The van der Waals surface area contributed by atoms with Crippen molar-refractivity contribution >= 4 is 15.9 Å². The van der Waals surface area contributed by atoms with Crippen LogP contribution in [0.15, 0.2) is 63.9 Å². The van der Waals surface area contributed by atoms with E-state index in [1.165, 1.54) is 0 Å². The zero-order valence-electron chi connectivity index (χ0n) is 14.9. The summed E-state index contributed by atoms with van der Waals surface area (Å²) in [5, 5.41) is 13.6. The summed E-state index contributed by atoms with van der Waals surface area (Å²) in [6.07, 6.45) is 8.52. The normalized spacial score (nSPS) is 16.7. The molecule has 2 heterocycles. The van der Waals surface area contributed by atoms with E-state index in [1.54, 1.807) is 18.6 Å². The van der Waals surface area contributed by atoms with E-state index in [9.17, 15) is 5.11 Å². The van der Waals surface area contributed by atoms with Gasteiger partial charge in [-0.1, -0.05) is 34.5 Å². The van der Waals surface area contributed by atoms with Crippen LogP contribution in [0.25, 0.3) is 11.3 Å². The number of halogens is 1. The summed E-state index contributed by atoms with van der Waals surface area (Å²) >= 11 is 3.48. The van der Waals surface area contributed by atoms with Gasteiger partial charge in [0.05, 0.1) is 19.3 Å². The zero-order chi connectivity index (χ0) is 18.7. The molecule has 5 nitrogen and oxygen atoms in total. The van der Waals surface area contributed by atoms with Crippen molar-refractivity contribution in [2.45, 2.75) is 31.8 Å². The smallest absolute Gasteiger partial charge is 0.208 e. The fourth-order valence-corrected chi connectivity index (χ4v) is 4.17. The number of hydrogen-bond donors (Lipinski definition) is 2. The minimum Gasteiger partial charge on any atom is -0.439 e. The number of rotatable bonds is 7. The average molecular weight is 428 g/mol. The van der Waals surface area contributed by atoms with Crippen LogP contribution in [0.3, 0.4) is 0 Å². The second kappa shape index (κ2) is 7.92. The van der Waals surface area contributed by atoms with Gasteiger partial charge >= 0.3 is 0 Å². The van der Waals surface area contributed by atoms with Crippen molar-refractivity contribution in [2.75, 3.05) is 6.61 Å². The van der Waals surface area contributed by atoms with Gasteiger partial charge in [0.2, 0.25) is 5.89 Å². The van der Waals surface area contributed by atoms with Crippen LogP contribution in [0.4, 0.5) is 0 Å². The summed E-state index contributed by atoms with van der Waals surface area (Å²) in [7, 11) is 0. The van der Waals surface area contributed by atoms with Crippen molar-refractivity contribution in [2.24, 2.45) is 5.41 Å². The lowest BCUT2D eigenvalue weighted by molar-refractivity contribution is 0.00390. The maximum absolute atomic E-state index is 10.0. The molecule has 0 saturated heterocycles. The first-order chi connectivity index (χ1) is 13.2. The number of aromatic nitrogens is 2. The minimum atomic E-state index is -0.124. The molecule has 0 spiro atoms. The van der Waals surface area contributed by atoms with E-state index in [2.05, 4.69) is 31.2 Å². The highest BCUT2D eigenvalue weighted by atomic mass is 79.9. The number of aliphatic hydroxyl groups is 1. The van der Waals surface area contributed by atoms with E-state index in [0.29, 0.717) is 12.4 Å². The molecule has 1 aromatic carbocycles. The Morgan fingerprint density at radius 2 is 2.04 bits per heavy atom. The molecule has 1 unspecified atom stereocenters. The zero-order valence-corrected chi connectivity index (χ0v) is 16.5. The fraction of sp³-hybridized carbons (Fsp3) is 0.333. The van der Waals surface area contributed by atoms with Crippen LogP contribution in [0.2, 0.25) is 0 Å². The quantitative estimate of drug-likeness (QED) is 0.580. The average Bonchev–Trinajstić information content (AvgIpc) is 3.13. The lowest BCUT2D eigenvalue weighted by atomic mass is 9.63. The van der Waals surface area contributed by atoms with Gasteiger partial charge in [-0.3, -0.25) is 4.98 Å². The van der Waals surface area contributed by atoms with Crippen LogP contribution >= 0.6 is 15.9 Å². The molecule has 0 bridgehead atoms. The Kier molecular flexibility index (Phi) is 5.38. The largest absolute Gasteiger partial charge is 0.439 e. The molecule has 0 radical (unpaired) electrons. The Hall–Kier alpha value is -2.02. The number of hydrogen-bond acceptors (Lipinski definition) is 5. The van der Waals surface area contributed by atoms with Crippen molar-refractivity contribution in [3.63, 3.8) is 0 Å². The first-order valence-corrected chi connectivity index (χ1v) is 9.94. The SMILES string of the molecule is OCC1(C(NCc2ncc(-c3cccc(Br)c3)o2)c2ccncc2)CCC1. The number of oxazole rings is 1. The molecule has 2 aromatic heterocycles. The first-order valence-electron chi connectivity index (χ1n) is 9.15. The van der Waals surface area contributed by atoms with Crippen LogP contribution in [-0.2, 0) is 6.54 Å². The molecule has 1 fully saturated rings. The molecule has 1 aliphatic rings. The standard InChI is InChI=1S/C21H22BrN3O2/c22-17-4-1-3-16(11-17)18-12-24-19(27-18)13-25-20(15-5-9-23-10-6-15)21(14-26)7-2-8-21/h1,3-6,9-12,20,25-26H,2,7-8,13-14H2. The van der Waals surface area contributed by atoms with E-state index in [-0.39, 0.29) is 18.1 Å². The molecule has 2 N–H and O–H groups in total. The van der Waals surface area contributed by atoms with Crippen molar-refractivity contribution in [3.05, 3.63) is 70.9 Å². The van der Waals surface area contributed by atoms with E-state index in [1.807, 2.05) is 36.4 Å². The van der Waals surface area contributed by atoms with Crippen LogP contribution in [0.1, 0.15) is 36.8 Å². The summed E-state index contributed by atoms with van der Waals surface area (Å²) in [4.78, 5) is 8.54. The van der Waals surface area contributed by atoms with Crippen LogP contribution in [0.5, 0.6) is 0 Å². The third-order valence-electron chi connectivity index (χ3n) is 5.44. The van der Waals surface area contributed by atoms with Gasteiger partial charge in [-0.25, -0.2) is 4.98 Å². The molecule has 4 rings (SSSR count). The molecule has 27 heavy (non-hydrogen) atoms. The lowest BCUT2D eigenvalue weighted by Gasteiger charge is -2.47. The van der Waals surface area contributed by atoms with Crippen molar-refractivity contribution in [1.82, 2.24) is 15.3 Å². The Morgan fingerprint density at radius 3 is 2.70 bits per heavy atom. The van der Waals surface area contributed by atoms with Gasteiger partial charge in [-0.15, -0.1) is 0 Å². The third kappa shape index (κ3) is 3.83. The Labute approximate surface area is 167 Å². The molecule has 0 amide bonds. The molecular formula is C21H22BrN3O2. The van der Waals surface area contributed by atoms with Crippen LogP contribution < -0.4 is 5.32 Å².